The summed E-state index contributed by atoms with van der Waals surface area (Å²) in [6.07, 6.45) is 0. The first-order chi connectivity index (χ1) is 6.67. The van der Waals surface area contributed by atoms with Crippen molar-refractivity contribution in [1.29, 1.82) is 5.26 Å². The number of anilines is 1. The Morgan fingerprint density at radius 1 is 1.57 bits per heavy atom. The van der Waals surface area contributed by atoms with Crippen molar-refractivity contribution >= 4 is 11.7 Å². The van der Waals surface area contributed by atoms with E-state index in [-0.39, 0.29) is 11.3 Å². The van der Waals surface area contributed by atoms with E-state index in [1.807, 2.05) is 0 Å². The maximum absolute atomic E-state index is 13.1. The number of rotatable bonds is 1. The normalized spacial score (nSPS) is 8.93. The fourth-order valence-corrected chi connectivity index (χ4v) is 0.871. The quantitative estimate of drug-likeness (QED) is 0.708. The van der Waals surface area contributed by atoms with Gasteiger partial charge >= 0.3 is 6.03 Å². The largest absolute Gasteiger partial charge is 0.341 e. The summed E-state index contributed by atoms with van der Waals surface area (Å²) in [5.74, 6) is -0.632. The smallest absolute Gasteiger partial charge is 0.319 e. The molecule has 1 rings (SSSR count). The van der Waals surface area contributed by atoms with Crippen molar-refractivity contribution in [1.82, 2.24) is 5.32 Å². The molecule has 1 aromatic carbocycles. The molecule has 0 saturated heterocycles. The molecule has 0 saturated carbocycles. The van der Waals surface area contributed by atoms with Gasteiger partial charge in [-0.05, 0) is 18.2 Å². The number of nitrogens with one attached hydrogen (secondary N) is 2. The van der Waals surface area contributed by atoms with Crippen LogP contribution in [0.25, 0.3) is 0 Å². The van der Waals surface area contributed by atoms with E-state index in [0.29, 0.717) is 0 Å². The molecule has 2 amide bonds. The molecule has 2 N–H and O–H groups in total. The Morgan fingerprint density at radius 3 is 2.79 bits per heavy atom. The van der Waals surface area contributed by atoms with Gasteiger partial charge in [0.1, 0.15) is 5.82 Å². The standard InChI is InChI=1S/C9H8FN3O/c1-12-9(14)13-8-3-2-6(5-11)4-7(8)10/h2-4H,1H3,(H2,12,13,14). The van der Waals surface area contributed by atoms with Crippen molar-refractivity contribution in [2.75, 3.05) is 12.4 Å². The van der Waals surface area contributed by atoms with Gasteiger partial charge in [-0.1, -0.05) is 0 Å². The predicted octanol–water partition coefficient (Wildman–Crippen LogP) is 1.45. The monoisotopic (exact) mass is 193 g/mol. The van der Waals surface area contributed by atoms with Gasteiger partial charge in [0.2, 0.25) is 0 Å². The van der Waals surface area contributed by atoms with Crippen LogP contribution in [0.15, 0.2) is 18.2 Å². The first-order valence-corrected chi connectivity index (χ1v) is 3.85. The SMILES string of the molecule is CNC(=O)Nc1ccc(C#N)cc1F. The van der Waals surface area contributed by atoms with Gasteiger partial charge in [0.15, 0.2) is 0 Å². The van der Waals surface area contributed by atoms with Crippen LogP contribution in [0, 0.1) is 17.1 Å². The predicted molar refractivity (Wildman–Crippen MR) is 49.2 cm³/mol. The number of benzene rings is 1. The highest BCUT2D eigenvalue weighted by molar-refractivity contribution is 5.89. The second-order valence-corrected chi connectivity index (χ2v) is 2.51. The van der Waals surface area contributed by atoms with Crippen molar-refractivity contribution in [2.24, 2.45) is 0 Å². The van der Waals surface area contributed by atoms with Gasteiger partial charge in [-0.2, -0.15) is 5.26 Å². The molecule has 0 fully saturated rings. The highest BCUT2D eigenvalue weighted by Gasteiger charge is 2.05. The number of hydrogen-bond donors (Lipinski definition) is 2. The average molecular weight is 193 g/mol. The molecule has 5 heteroatoms. The lowest BCUT2D eigenvalue weighted by Gasteiger charge is -2.04. The van der Waals surface area contributed by atoms with E-state index in [9.17, 15) is 9.18 Å². The van der Waals surface area contributed by atoms with Crippen LogP contribution in [0.4, 0.5) is 14.9 Å². The lowest BCUT2D eigenvalue weighted by Crippen LogP contribution is -2.24. The van der Waals surface area contributed by atoms with Crippen LogP contribution in [0.5, 0.6) is 0 Å². The molecular weight excluding hydrogens is 185 g/mol. The molecule has 14 heavy (non-hydrogen) atoms. The van der Waals surface area contributed by atoms with Crippen LogP contribution < -0.4 is 10.6 Å². The number of nitrogens with zero attached hydrogens (tertiary/aromatic N) is 1. The minimum Gasteiger partial charge on any atom is -0.341 e. The number of carbonyl (C=O) groups excluding carboxylic acids is 1. The summed E-state index contributed by atoms with van der Waals surface area (Å²) < 4.78 is 13.1. The number of carbonyl (C=O) groups is 1. The molecular formula is C9H8FN3O. The number of hydrogen-bond acceptors (Lipinski definition) is 2. The zero-order valence-corrected chi connectivity index (χ0v) is 7.47. The fourth-order valence-electron chi connectivity index (χ4n) is 0.871. The van der Waals surface area contributed by atoms with Crippen molar-refractivity contribution in [3.05, 3.63) is 29.6 Å². The molecule has 1 aromatic rings. The Bertz CT molecular complexity index is 398. The van der Waals surface area contributed by atoms with Crippen LogP contribution in [-0.4, -0.2) is 13.1 Å². The molecule has 0 bridgehead atoms. The third-order valence-corrected chi connectivity index (χ3v) is 1.57. The van der Waals surface area contributed by atoms with E-state index >= 15 is 0 Å². The molecule has 0 atom stereocenters. The number of urea groups is 1. The van der Waals surface area contributed by atoms with Gasteiger partial charge in [-0.25, -0.2) is 9.18 Å². The Balaban J connectivity index is 2.90. The topological polar surface area (TPSA) is 64.9 Å². The van der Waals surface area contributed by atoms with Crippen molar-refractivity contribution in [3.63, 3.8) is 0 Å². The number of halogens is 1. The van der Waals surface area contributed by atoms with E-state index < -0.39 is 11.8 Å². The van der Waals surface area contributed by atoms with Gasteiger partial charge < -0.3 is 10.6 Å². The fraction of sp³-hybridized carbons (Fsp3) is 0.111. The molecule has 72 valence electrons. The second kappa shape index (κ2) is 4.23. The molecule has 0 aromatic heterocycles. The summed E-state index contributed by atoms with van der Waals surface area (Å²) in [5, 5.41) is 13.0. The molecule has 0 aliphatic heterocycles. The van der Waals surface area contributed by atoms with Gasteiger partial charge in [-0.15, -0.1) is 0 Å². The Morgan fingerprint density at radius 2 is 2.29 bits per heavy atom. The van der Waals surface area contributed by atoms with E-state index in [0.717, 1.165) is 6.07 Å². The highest BCUT2D eigenvalue weighted by Crippen LogP contribution is 2.14. The minimum absolute atomic E-state index is 0.0448. The van der Waals surface area contributed by atoms with Crippen LogP contribution in [0.2, 0.25) is 0 Å². The highest BCUT2D eigenvalue weighted by atomic mass is 19.1. The van der Waals surface area contributed by atoms with E-state index in [2.05, 4.69) is 10.6 Å². The van der Waals surface area contributed by atoms with Gasteiger partial charge in [0, 0.05) is 7.05 Å². The summed E-state index contributed by atoms with van der Waals surface area (Å²) >= 11 is 0. The minimum atomic E-state index is -0.632. The van der Waals surface area contributed by atoms with E-state index in [4.69, 9.17) is 5.26 Å². The van der Waals surface area contributed by atoms with Crippen LogP contribution in [0.3, 0.4) is 0 Å². The van der Waals surface area contributed by atoms with Crippen molar-refractivity contribution < 1.29 is 9.18 Å². The maximum Gasteiger partial charge on any atom is 0.319 e. The van der Waals surface area contributed by atoms with Gasteiger partial charge in [0.05, 0.1) is 17.3 Å². The molecule has 0 unspecified atom stereocenters. The summed E-state index contributed by atoms with van der Waals surface area (Å²) in [6.45, 7) is 0. The zero-order valence-electron chi connectivity index (χ0n) is 7.47. The van der Waals surface area contributed by atoms with Crippen LogP contribution in [-0.2, 0) is 0 Å². The second-order valence-electron chi connectivity index (χ2n) is 2.51. The Labute approximate surface area is 80.3 Å². The average Bonchev–Trinajstić information content (AvgIpc) is 2.20. The zero-order chi connectivity index (χ0) is 10.6. The maximum atomic E-state index is 13.1. The summed E-state index contributed by atoms with van der Waals surface area (Å²) in [6, 6.07) is 5.11. The van der Waals surface area contributed by atoms with Gasteiger partial charge in [-0.3, -0.25) is 0 Å². The molecule has 0 heterocycles. The van der Waals surface area contributed by atoms with E-state index in [1.165, 1.54) is 19.2 Å². The molecule has 0 aliphatic rings. The first kappa shape index (κ1) is 9.99. The molecule has 0 aliphatic carbocycles. The van der Waals surface area contributed by atoms with Gasteiger partial charge in [0.25, 0.3) is 0 Å². The summed E-state index contributed by atoms with van der Waals surface area (Å²) in [5.41, 5.74) is 0.258. The van der Waals surface area contributed by atoms with Crippen molar-refractivity contribution in [3.8, 4) is 6.07 Å². The Kier molecular flexibility index (Phi) is 3.02. The molecule has 4 nitrogen and oxygen atoms in total. The van der Waals surface area contributed by atoms with Crippen LogP contribution >= 0.6 is 0 Å². The summed E-state index contributed by atoms with van der Waals surface area (Å²) in [7, 11) is 1.43. The molecule has 0 spiro atoms. The number of amides is 2. The lowest BCUT2D eigenvalue weighted by molar-refractivity contribution is 0.254. The lowest BCUT2D eigenvalue weighted by atomic mass is 10.2. The third kappa shape index (κ3) is 2.20. The van der Waals surface area contributed by atoms with Crippen LogP contribution in [0.1, 0.15) is 5.56 Å². The first-order valence-electron chi connectivity index (χ1n) is 3.85. The third-order valence-electron chi connectivity index (χ3n) is 1.57. The van der Waals surface area contributed by atoms with E-state index in [1.54, 1.807) is 6.07 Å². The number of nitriles is 1. The van der Waals surface area contributed by atoms with Crippen molar-refractivity contribution in [2.45, 2.75) is 0 Å². The Hall–Kier alpha value is -2.09. The summed E-state index contributed by atoms with van der Waals surface area (Å²) in [4.78, 5) is 10.8. The molecule has 0 radical (unpaired) electrons.